The van der Waals surface area contributed by atoms with E-state index in [1.165, 1.54) is 0 Å². The van der Waals surface area contributed by atoms with Gasteiger partial charge in [0.25, 0.3) is 0 Å². The Morgan fingerprint density at radius 2 is 1.93 bits per heavy atom. The summed E-state index contributed by atoms with van der Waals surface area (Å²) in [6, 6.07) is 8.40. The Bertz CT molecular complexity index is 866. The fourth-order valence-electron chi connectivity index (χ4n) is 3.58. The second-order valence-corrected chi connectivity index (χ2v) is 7.23. The van der Waals surface area contributed by atoms with Crippen LogP contribution in [0.1, 0.15) is 37.6 Å². The van der Waals surface area contributed by atoms with Gasteiger partial charge in [0.2, 0.25) is 0 Å². The molecule has 0 aromatic carbocycles. The molecule has 3 aromatic rings. The molecule has 4 heterocycles. The van der Waals surface area contributed by atoms with Crippen LogP contribution in [-0.4, -0.2) is 33.0 Å². The molecule has 0 aliphatic carbocycles. The van der Waals surface area contributed by atoms with Crippen LogP contribution in [0.5, 0.6) is 0 Å². The van der Waals surface area contributed by atoms with Crippen LogP contribution in [0.4, 0.5) is 0 Å². The molecule has 1 fully saturated rings. The Hall–Kier alpha value is -2.53. The topological polar surface area (TPSA) is 52.8 Å². The molecule has 1 aliphatic rings. The lowest BCUT2D eigenvalue weighted by atomic mass is 9.94. The third kappa shape index (κ3) is 4.42. The molecule has 1 aliphatic heterocycles. The van der Waals surface area contributed by atoms with Crippen molar-refractivity contribution in [2.24, 2.45) is 5.92 Å². The monoisotopic (exact) mass is 362 g/mol. The van der Waals surface area contributed by atoms with Crippen molar-refractivity contribution < 1.29 is 4.74 Å². The summed E-state index contributed by atoms with van der Waals surface area (Å²) >= 11 is 0. The van der Waals surface area contributed by atoms with Crippen LogP contribution in [0, 0.1) is 5.92 Å². The molecule has 27 heavy (non-hydrogen) atoms. The smallest absolute Gasteiger partial charge is 0.0679 e. The summed E-state index contributed by atoms with van der Waals surface area (Å²) in [5.41, 5.74) is 5.49. The molecule has 0 spiro atoms. The van der Waals surface area contributed by atoms with Gasteiger partial charge in [-0.2, -0.15) is 5.10 Å². The molecule has 0 saturated carbocycles. The Balaban J connectivity index is 1.47. The maximum absolute atomic E-state index is 5.44. The van der Waals surface area contributed by atoms with E-state index in [0.29, 0.717) is 5.92 Å². The van der Waals surface area contributed by atoms with Crippen molar-refractivity contribution in [3.8, 4) is 16.8 Å². The Morgan fingerprint density at radius 3 is 2.70 bits per heavy atom. The van der Waals surface area contributed by atoms with E-state index in [1.807, 2.05) is 29.3 Å². The molecule has 5 nitrogen and oxygen atoms in total. The van der Waals surface area contributed by atoms with Crippen molar-refractivity contribution in [3.63, 3.8) is 0 Å². The van der Waals surface area contributed by atoms with Crippen LogP contribution < -0.4 is 0 Å². The van der Waals surface area contributed by atoms with E-state index >= 15 is 0 Å². The normalized spacial score (nSPS) is 15.1. The molecule has 140 valence electrons. The summed E-state index contributed by atoms with van der Waals surface area (Å²) in [6.07, 6.45) is 13.2. The molecular weight excluding hydrogens is 336 g/mol. The Morgan fingerprint density at radius 1 is 1.04 bits per heavy atom. The number of pyridine rings is 2. The van der Waals surface area contributed by atoms with Crippen molar-refractivity contribution in [2.75, 3.05) is 13.2 Å². The molecular formula is C22H26N4O. The van der Waals surface area contributed by atoms with Gasteiger partial charge in [0.05, 0.1) is 11.9 Å². The summed E-state index contributed by atoms with van der Waals surface area (Å²) in [7, 11) is 0. The zero-order valence-corrected chi connectivity index (χ0v) is 15.8. The van der Waals surface area contributed by atoms with Crippen LogP contribution >= 0.6 is 0 Å². The number of aryl methyl sites for hydroxylation is 1. The van der Waals surface area contributed by atoms with E-state index in [-0.39, 0.29) is 0 Å². The molecule has 1 saturated heterocycles. The van der Waals surface area contributed by atoms with Crippen LogP contribution in [0.3, 0.4) is 0 Å². The predicted octanol–water partition coefficient (Wildman–Crippen LogP) is 4.25. The fraction of sp³-hybridized carbons (Fsp3) is 0.409. The van der Waals surface area contributed by atoms with E-state index in [2.05, 4.69) is 46.4 Å². The minimum Gasteiger partial charge on any atom is -0.381 e. The van der Waals surface area contributed by atoms with E-state index in [4.69, 9.17) is 4.74 Å². The van der Waals surface area contributed by atoms with Crippen LogP contribution in [0.15, 0.2) is 49.1 Å². The van der Waals surface area contributed by atoms with Gasteiger partial charge in [-0.1, -0.05) is 19.4 Å². The van der Waals surface area contributed by atoms with Crippen molar-refractivity contribution in [2.45, 2.75) is 39.0 Å². The SMILES string of the molecule is CCCc1cc(-n2cc(-c3ccc(CC4CCOCC4)nc3)cn2)ccn1. The lowest BCUT2D eigenvalue weighted by Gasteiger charge is -2.21. The zero-order chi connectivity index (χ0) is 18.5. The van der Waals surface area contributed by atoms with Crippen molar-refractivity contribution in [1.82, 2.24) is 19.7 Å². The summed E-state index contributed by atoms with van der Waals surface area (Å²) in [5, 5.41) is 4.53. The third-order valence-corrected chi connectivity index (χ3v) is 5.15. The highest BCUT2D eigenvalue weighted by molar-refractivity contribution is 5.61. The number of hydrogen-bond acceptors (Lipinski definition) is 4. The van der Waals surface area contributed by atoms with E-state index in [9.17, 15) is 0 Å². The maximum atomic E-state index is 5.44. The minimum atomic E-state index is 0.698. The number of ether oxygens (including phenoxy) is 1. The second kappa shape index (κ2) is 8.44. The van der Waals surface area contributed by atoms with Gasteiger partial charge in [-0.3, -0.25) is 9.97 Å². The van der Waals surface area contributed by atoms with Gasteiger partial charge in [-0.05, 0) is 49.8 Å². The standard InChI is InChI=1S/C22H26N4O/c1-2-3-20-13-22(6-9-23-20)26-16-19(15-25-26)18-4-5-21(24-14-18)12-17-7-10-27-11-8-17/h4-6,9,13-17H,2-3,7-8,10-12H2,1H3. The molecule has 0 N–H and O–H groups in total. The molecule has 0 unspecified atom stereocenters. The minimum absolute atomic E-state index is 0.698. The summed E-state index contributed by atoms with van der Waals surface area (Å²) in [5.74, 6) is 0.698. The van der Waals surface area contributed by atoms with Gasteiger partial charge in [0, 0.05) is 54.3 Å². The quantitative estimate of drug-likeness (QED) is 0.658. The van der Waals surface area contributed by atoms with Crippen LogP contribution in [-0.2, 0) is 17.6 Å². The Kier molecular flexibility index (Phi) is 5.58. The highest BCUT2D eigenvalue weighted by Gasteiger charge is 2.15. The molecule has 0 radical (unpaired) electrons. The first-order chi connectivity index (χ1) is 13.3. The molecule has 5 heteroatoms. The van der Waals surface area contributed by atoms with Gasteiger partial charge < -0.3 is 4.74 Å². The second-order valence-electron chi connectivity index (χ2n) is 7.23. The van der Waals surface area contributed by atoms with Crippen LogP contribution in [0.25, 0.3) is 16.8 Å². The first-order valence-electron chi connectivity index (χ1n) is 9.85. The van der Waals surface area contributed by atoms with Gasteiger partial charge in [-0.15, -0.1) is 0 Å². The molecule has 0 atom stereocenters. The highest BCUT2D eigenvalue weighted by Crippen LogP contribution is 2.22. The fourth-order valence-corrected chi connectivity index (χ4v) is 3.58. The summed E-state index contributed by atoms with van der Waals surface area (Å²) in [4.78, 5) is 9.10. The molecule has 0 bridgehead atoms. The van der Waals surface area contributed by atoms with E-state index in [1.54, 1.807) is 0 Å². The van der Waals surface area contributed by atoms with Crippen molar-refractivity contribution in [3.05, 3.63) is 60.4 Å². The number of rotatable bonds is 6. The van der Waals surface area contributed by atoms with Crippen LogP contribution in [0.2, 0.25) is 0 Å². The third-order valence-electron chi connectivity index (χ3n) is 5.15. The van der Waals surface area contributed by atoms with E-state index < -0.39 is 0 Å². The first-order valence-corrected chi connectivity index (χ1v) is 9.85. The first kappa shape index (κ1) is 17.9. The average molecular weight is 362 g/mol. The van der Waals surface area contributed by atoms with E-state index in [0.717, 1.165) is 73.5 Å². The lowest BCUT2D eigenvalue weighted by molar-refractivity contribution is 0.0663. The number of nitrogens with zero attached hydrogens (tertiary/aromatic N) is 4. The number of hydrogen-bond donors (Lipinski definition) is 0. The lowest BCUT2D eigenvalue weighted by Crippen LogP contribution is -2.17. The molecule has 3 aromatic heterocycles. The molecule has 4 rings (SSSR count). The predicted molar refractivity (Wildman–Crippen MR) is 106 cm³/mol. The zero-order valence-electron chi connectivity index (χ0n) is 15.8. The van der Waals surface area contributed by atoms with Gasteiger partial charge in [0.15, 0.2) is 0 Å². The summed E-state index contributed by atoms with van der Waals surface area (Å²) in [6.45, 7) is 3.94. The largest absolute Gasteiger partial charge is 0.381 e. The average Bonchev–Trinajstić information content (AvgIpc) is 3.20. The van der Waals surface area contributed by atoms with Gasteiger partial charge in [-0.25, -0.2) is 4.68 Å². The molecule has 0 amide bonds. The van der Waals surface area contributed by atoms with Crippen molar-refractivity contribution in [1.29, 1.82) is 0 Å². The van der Waals surface area contributed by atoms with Gasteiger partial charge in [0.1, 0.15) is 0 Å². The maximum Gasteiger partial charge on any atom is 0.0679 e. The Labute approximate surface area is 160 Å². The van der Waals surface area contributed by atoms with Crippen molar-refractivity contribution >= 4 is 0 Å². The summed E-state index contributed by atoms with van der Waals surface area (Å²) < 4.78 is 7.35. The highest BCUT2D eigenvalue weighted by atomic mass is 16.5. The number of aromatic nitrogens is 4. The van der Waals surface area contributed by atoms with Gasteiger partial charge >= 0.3 is 0 Å².